The number of hydrogen-bond donors (Lipinski definition) is 2. The predicted octanol–water partition coefficient (Wildman–Crippen LogP) is 2.46. The molecule has 0 saturated heterocycles. The van der Waals surface area contributed by atoms with Gasteiger partial charge >= 0.3 is 0 Å². The average Bonchev–Trinajstić information content (AvgIpc) is 2.97. The quantitative estimate of drug-likeness (QED) is 0.534. The molecule has 0 aliphatic heterocycles. The summed E-state index contributed by atoms with van der Waals surface area (Å²) in [6.07, 6.45) is 3.69. The van der Waals surface area contributed by atoms with Crippen LogP contribution in [0.3, 0.4) is 0 Å². The highest BCUT2D eigenvalue weighted by Gasteiger charge is 2.12. The van der Waals surface area contributed by atoms with Gasteiger partial charge in [0, 0.05) is 6.54 Å². The highest BCUT2D eigenvalue weighted by molar-refractivity contribution is 7.98. The van der Waals surface area contributed by atoms with Gasteiger partial charge in [0.15, 0.2) is 10.8 Å². The molecule has 1 aromatic carbocycles. The van der Waals surface area contributed by atoms with Gasteiger partial charge in [-0.2, -0.15) is 5.10 Å². The number of rotatable bonds is 6. The second kappa shape index (κ2) is 6.97. The Hall–Kier alpha value is -2.12. The van der Waals surface area contributed by atoms with Crippen LogP contribution in [0.25, 0.3) is 11.0 Å². The van der Waals surface area contributed by atoms with Crippen LogP contribution in [0.2, 0.25) is 0 Å². The van der Waals surface area contributed by atoms with Crippen LogP contribution in [0.1, 0.15) is 11.1 Å². The molecule has 120 valence electrons. The molecule has 3 rings (SSSR count). The van der Waals surface area contributed by atoms with Crippen molar-refractivity contribution in [3.8, 4) is 0 Å². The first-order chi connectivity index (χ1) is 11.2. The Morgan fingerprint density at radius 1 is 1.26 bits per heavy atom. The minimum absolute atomic E-state index is 0.0291. The number of aryl methyl sites for hydroxylation is 1. The Balaban J connectivity index is 1.94. The third-order valence-corrected chi connectivity index (χ3v) is 4.23. The van der Waals surface area contributed by atoms with Gasteiger partial charge in [-0.05, 0) is 24.3 Å². The zero-order valence-electron chi connectivity index (χ0n) is 13.2. The molecule has 3 aromatic rings. The normalized spacial score (nSPS) is 11.1. The van der Waals surface area contributed by atoms with E-state index in [4.69, 9.17) is 5.11 Å². The summed E-state index contributed by atoms with van der Waals surface area (Å²) in [6, 6.07) is 8.27. The van der Waals surface area contributed by atoms with E-state index in [-0.39, 0.29) is 6.61 Å². The van der Waals surface area contributed by atoms with Gasteiger partial charge in [0.1, 0.15) is 5.82 Å². The number of benzene rings is 1. The summed E-state index contributed by atoms with van der Waals surface area (Å²) in [6.45, 7) is 3.24. The van der Waals surface area contributed by atoms with E-state index in [1.165, 1.54) is 22.9 Å². The Kier molecular flexibility index (Phi) is 4.78. The van der Waals surface area contributed by atoms with E-state index in [9.17, 15) is 0 Å². The van der Waals surface area contributed by atoms with Crippen molar-refractivity contribution >= 4 is 28.6 Å². The molecule has 0 aliphatic rings. The van der Waals surface area contributed by atoms with Gasteiger partial charge in [0.25, 0.3) is 0 Å². The summed E-state index contributed by atoms with van der Waals surface area (Å²) in [5, 5.41) is 18.4. The van der Waals surface area contributed by atoms with Gasteiger partial charge in [0.2, 0.25) is 0 Å². The second-order valence-electron chi connectivity index (χ2n) is 5.17. The van der Waals surface area contributed by atoms with Crippen molar-refractivity contribution < 1.29 is 5.11 Å². The zero-order chi connectivity index (χ0) is 16.2. The van der Waals surface area contributed by atoms with Crippen molar-refractivity contribution in [1.29, 1.82) is 0 Å². The lowest BCUT2D eigenvalue weighted by molar-refractivity contribution is 0.271. The van der Waals surface area contributed by atoms with E-state index in [1.807, 2.05) is 18.4 Å². The maximum absolute atomic E-state index is 9.15. The lowest BCUT2D eigenvalue weighted by atomic mass is 10.1. The lowest BCUT2D eigenvalue weighted by Crippen LogP contribution is -2.07. The summed E-state index contributed by atoms with van der Waals surface area (Å²) in [5.74, 6) is 0.770. The van der Waals surface area contributed by atoms with Gasteiger partial charge in [-0.3, -0.25) is 0 Å². The van der Waals surface area contributed by atoms with Gasteiger partial charge < -0.3 is 10.4 Å². The zero-order valence-corrected chi connectivity index (χ0v) is 14.0. The van der Waals surface area contributed by atoms with Crippen LogP contribution in [-0.2, 0) is 13.1 Å². The maximum Gasteiger partial charge on any atom is 0.191 e. The van der Waals surface area contributed by atoms with Crippen molar-refractivity contribution in [3.05, 3.63) is 41.6 Å². The summed E-state index contributed by atoms with van der Waals surface area (Å²) in [5.41, 5.74) is 3.21. The Labute approximate surface area is 139 Å². The molecule has 7 heteroatoms. The lowest BCUT2D eigenvalue weighted by Gasteiger charge is -2.10. The Morgan fingerprint density at radius 2 is 2.09 bits per heavy atom. The third-order valence-electron chi connectivity index (χ3n) is 3.68. The molecule has 2 aromatic heterocycles. The van der Waals surface area contributed by atoms with E-state index in [0.29, 0.717) is 18.2 Å². The van der Waals surface area contributed by atoms with Crippen molar-refractivity contribution in [2.75, 3.05) is 18.2 Å². The fourth-order valence-electron chi connectivity index (χ4n) is 2.41. The first-order valence-corrected chi connectivity index (χ1v) is 8.62. The summed E-state index contributed by atoms with van der Waals surface area (Å²) < 4.78 is 1.70. The van der Waals surface area contributed by atoms with Gasteiger partial charge in [-0.1, -0.05) is 36.0 Å². The maximum atomic E-state index is 9.15. The van der Waals surface area contributed by atoms with Crippen LogP contribution in [-0.4, -0.2) is 37.7 Å². The van der Waals surface area contributed by atoms with Gasteiger partial charge in [0.05, 0.1) is 24.7 Å². The molecule has 0 aliphatic carbocycles. The van der Waals surface area contributed by atoms with Crippen LogP contribution in [0.15, 0.2) is 35.6 Å². The Bertz CT molecular complexity index is 817. The first-order valence-electron chi connectivity index (χ1n) is 7.39. The number of nitrogens with zero attached hydrogens (tertiary/aromatic N) is 4. The molecule has 0 bridgehead atoms. The van der Waals surface area contributed by atoms with Crippen LogP contribution in [0.5, 0.6) is 0 Å². The number of nitrogens with one attached hydrogen (secondary N) is 1. The molecule has 0 atom stereocenters. The average molecular weight is 329 g/mol. The van der Waals surface area contributed by atoms with Crippen molar-refractivity contribution in [2.45, 2.75) is 25.2 Å². The summed E-state index contributed by atoms with van der Waals surface area (Å²) in [7, 11) is 0. The van der Waals surface area contributed by atoms with Crippen LogP contribution in [0, 0.1) is 6.92 Å². The predicted molar refractivity (Wildman–Crippen MR) is 92.7 cm³/mol. The fourth-order valence-corrected chi connectivity index (χ4v) is 2.77. The first kappa shape index (κ1) is 15.8. The number of thioether (sulfide) groups is 1. The smallest absolute Gasteiger partial charge is 0.191 e. The molecule has 2 heterocycles. The molecule has 0 saturated carbocycles. The second-order valence-corrected chi connectivity index (χ2v) is 5.94. The number of hydrogen-bond acceptors (Lipinski definition) is 6. The molecule has 6 nitrogen and oxygen atoms in total. The number of fused-ring (bicyclic) bond motifs is 1. The van der Waals surface area contributed by atoms with Crippen LogP contribution < -0.4 is 5.32 Å². The third kappa shape index (κ3) is 3.30. The minimum Gasteiger partial charge on any atom is -0.394 e. The molecule has 23 heavy (non-hydrogen) atoms. The molecular weight excluding hydrogens is 310 g/mol. The van der Waals surface area contributed by atoms with Crippen molar-refractivity contribution in [1.82, 2.24) is 19.7 Å². The molecule has 0 radical (unpaired) electrons. The molecule has 0 unspecified atom stereocenters. The van der Waals surface area contributed by atoms with Gasteiger partial charge in [-0.15, -0.1) is 0 Å². The topological polar surface area (TPSA) is 75.9 Å². The van der Waals surface area contributed by atoms with E-state index in [0.717, 1.165) is 16.9 Å². The molecule has 0 amide bonds. The monoisotopic (exact) mass is 329 g/mol. The molecular formula is C16H19N5OS. The van der Waals surface area contributed by atoms with Crippen molar-refractivity contribution in [2.24, 2.45) is 0 Å². The van der Waals surface area contributed by atoms with Crippen LogP contribution in [0.4, 0.5) is 5.82 Å². The van der Waals surface area contributed by atoms with E-state index in [1.54, 1.807) is 10.9 Å². The highest BCUT2D eigenvalue weighted by atomic mass is 32.2. The standard InChI is InChI=1S/C16H19N5OS/c1-11-5-3-4-6-12(11)9-17-14-13-10-18-21(7-8-22)15(13)20-16(19-14)23-2/h3-6,10,22H,7-9H2,1-2H3,(H,17,19,20). The van der Waals surface area contributed by atoms with Gasteiger partial charge in [-0.25, -0.2) is 14.6 Å². The fraction of sp³-hybridized carbons (Fsp3) is 0.312. The number of aliphatic hydroxyl groups is 1. The molecule has 0 spiro atoms. The number of aromatic nitrogens is 4. The van der Waals surface area contributed by atoms with Crippen LogP contribution >= 0.6 is 11.8 Å². The van der Waals surface area contributed by atoms with E-state index < -0.39 is 0 Å². The van der Waals surface area contributed by atoms with E-state index >= 15 is 0 Å². The number of aliphatic hydroxyl groups excluding tert-OH is 1. The number of anilines is 1. The highest BCUT2D eigenvalue weighted by Crippen LogP contribution is 2.24. The molecule has 0 fully saturated rings. The Morgan fingerprint density at radius 3 is 2.83 bits per heavy atom. The molecule has 2 N–H and O–H groups in total. The van der Waals surface area contributed by atoms with E-state index in [2.05, 4.69) is 39.4 Å². The minimum atomic E-state index is 0.0291. The summed E-state index contributed by atoms with van der Waals surface area (Å²) in [4.78, 5) is 9.07. The SMILES string of the molecule is CSc1nc(NCc2ccccc2C)c2cnn(CCO)c2n1. The largest absolute Gasteiger partial charge is 0.394 e. The van der Waals surface area contributed by atoms with Crippen molar-refractivity contribution in [3.63, 3.8) is 0 Å². The summed E-state index contributed by atoms with van der Waals surface area (Å²) >= 11 is 1.49.